The van der Waals surface area contributed by atoms with Gasteiger partial charge >= 0.3 is 0 Å². The first-order valence-corrected chi connectivity index (χ1v) is 7.87. The number of benzene rings is 1. The lowest BCUT2D eigenvalue weighted by molar-refractivity contribution is 0.0924. The van der Waals surface area contributed by atoms with Crippen LogP contribution in [0.25, 0.3) is 0 Å². The van der Waals surface area contributed by atoms with E-state index >= 15 is 0 Å². The Hall–Kier alpha value is -1.13. The van der Waals surface area contributed by atoms with Crippen molar-refractivity contribution in [1.82, 2.24) is 5.32 Å². The molecule has 1 fully saturated rings. The molecule has 0 spiro atoms. The topological polar surface area (TPSA) is 30.5 Å². The highest BCUT2D eigenvalue weighted by molar-refractivity contribution is 5.29. The minimum absolute atomic E-state index is 0.249. The molecular weight excluding hydrogens is 269 g/mol. The van der Waals surface area contributed by atoms with Crippen molar-refractivity contribution in [3.8, 4) is 5.75 Å². The van der Waals surface area contributed by atoms with E-state index in [2.05, 4.69) is 19.2 Å². The number of halogens is 1. The third-order valence-electron chi connectivity index (χ3n) is 3.44. The fourth-order valence-corrected chi connectivity index (χ4v) is 2.00. The van der Waals surface area contributed by atoms with Crippen LogP contribution in [0.1, 0.15) is 38.7 Å². The molecule has 0 unspecified atom stereocenters. The highest BCUT2D eigenvalue weighted by Crippen LogP contribution is 2.21. The van der Waals surface area contributed by atoms with Crippen molar-refractivity contribution in [1.29, 1.82) is 0 Å². The Morgan fingerprint density at radius 3 is 2.71 bits per heavy atom. The van der Waals surface area contributed by atoms with Crippen molar-refractivity contribution >= 4 is 0 Å². The minimum Gasteiger partial charge on any atom is -0.491 e. The molecule has 0 amide bonds. The summed E-state index contributed by atoms with van der Waals surface area (Å²) in [5.41, 5.74) is 0.928. The average Bonchev–Trinajstić information content (AvgIpc) is 3.24. The van der Waals surface area contributed by atoms with Gasteiger partial charge in [0.1, 0.15) is 18.2 Å². The molecule has 0 atom stereocenters. The first-order chi connectivity index (χ1) is 10.1. The second-order valence-electron chi connectivity index (χ2n) is 6.09. The van der Waals surface area contributed by atoms with Gasteiger partial charge in [-0.15, -0.1) is 0 Å². The third kappa shape index (κ3) is 6.91. The summed E-state index contributed by atoms with van der Waals surface area (Å²) in [7, 11) is 0. The SMILES string of the molecule is CC(C)CCOCCOc1cc(F)cc(CNC2CC2)c1. The molecule has 0 radical (unpaired) electrons. The molecule has 2 rings (SSSR count). The zero-order valence-corrected chi connectivity index (χ0v) is 13.0. The second-order valence-corrected chi connectivity index (χ2v) is 6.09. The van der Waals surface area contributed by atoms with Gasteiger partial charge in [-0.2, -0.15) is 0 Å². The van der Waals surface area contributed by atoms with E-state index in [-0.39, 0.29) is 5.82 Å². The van der Waals surface area contributed by atoms with Gasteiger partial charge in [-0.3, -0.25) is 0 Å². The smallest absolute Gasteiger partial charge is 0.127 e. The standard InChI is InChI=1S/C17H26FNO2/c1-13(2)5-6-20-7-8-21-17-10-14(9-15(18)11-17)12-19-16-3-4-16/h9-11,13,16,19H,3-8,12H2,1-2H3. The number of ether oxygens (including phenoxy) is 2. The average molecular weight is 295 g/mol. The van der Waals surface area contributed by atoms with Gasteiger partial charge in [-0.1, -0.05) is 13.8 Å². The lowest BCUT2D eigenvalue weighted by Gasteiger charge is -2.10. The first kappa shape index (κ1) is 16.2. The van der Waals surface area contributed by atoms with E-state index in [0.29, 0.717) is 37.5 Å². The number of hydrogen-bond acceptors (Lipinski definition) is 3. The lowest BCUT2D eigenvalue weighted by atomic mass is 10.1. The van der Waals surface area contributed by atoms with Gasteiger partial charge in [0.2, 0.25) is 0 Å². The van der Waals surface area contributed by atoms with Gasteiger partial charge < -0.3 is 14.8 Å². The molecule has 0 aliphatic heterocycles. The maximum atomic E-state index is 13.5. The van der Waals surface area contributed by atoms with Crippen molar-refractivity contribution in [2.45, 2.75) is 45.7 Å². The van der Waals surface area contributed by atoms with Crippen LogP contribution in [0.2, 0.25) is 0 Å². The summed E-state index contributed by atoms with van der Waals surface area (Å²) in [5.74, 6) is 0.978. The maximum absolute atomic E-state index is 13.5. The van der Waals surface area contributed by atoms with Gasteiger partial charge in [0.25, 0.3) is 0 Å². The molecule has 1 aliphatic rings. The predicted molar refractivity (Wildman–Crippen MR) is 82.0 cm³/mol. The molecule has 1 aliphatic carbocycles. The molecule has 1 aromatic rings. The summed E-state index contributed by atoms with van der Waals surface area (Å²) in [6, 6.07) is 5.50. The third-order valence-corrected chi connectivity index (χ3v) is 3.44. The molecule has 1 aromatic carbocycles. The molecule has 21 heavy (non-hydrogen) atoms. The normalized spacial score (nSPS) is 14.7. The Morgan fingerprint density at radius 1 is 1.19 bits per heavy atom. The maximum Gasteiger partial charge on any atom is 0.127 e. The molecule has 4 heteroatoms. The van der Waals surface area contributed by atoms with Crippen LogP contribution < -0.4 is 10.1 Å². The Bertz CT molecular complexity index is 433. The van der Waals surface area contributed by atoms with Crippen LogP contribution in [0.3, 0.4) is 0 Å². The van der Waals surface area contributed by atoms with E-state index in [1.54, 1.807) is 6.07 Å². The Kier molecular flexibility index (Phi) is 6.46. The largest absolute Gasteiger partial charge is 0.491 e. The Labute approximate surface area is 126 Å². The molecule has 0 bridgehead atoms. The van der Waals surface area contributed by atoms with E-state index in [0.717, 1.165) is 18.6 Å². The van der Waals surface area contributed by atoms with Gasteiger partial charge in [0, 0.05) is 25.3 Å². The molecule has 0 saturated heterocycles. The van der Waals surface area contributed by atoms with Gasteiger partial charge in [0.05, 0.1) is 6.61 Å². The van der Waals surface area contributed by atoms with Gasteiger partial charge in [-0.25, -0.2) is 4.39 Å². The minimum atomic E-state index is -0.249. The van der Waals surface area contributed by atoms with Crippen LogP contribution in [0.15, 0.2) is 18.2 Å². The fourth-order valence-electron chi connectivity index (χ4n) is 2.00. The molecule has 1 N–H and O–H groups in total. The van der Waals surface area contributed by atoms with Crippen LogP contribution in [-0.2, 0) is 11.3 Å². The summed E-state index contributed by atoms with van der Waals surface area (Å²) in [6.45, 7) is 6.79. The van der Waals surface area contributed by atoms with Crippen molar-refractivity contribution < 1.29 is 13.9 Å². The highest BCUT2D eigenvalue weighted by atomic mass is 19.1. The van der Waals surface area contributed by atoms with Crippen LogP contribution in [0.4, 0.5) is 4.39 Å². The summed E-state index contributed by atoms with van der Waals surface area (Å²) in [4.78, 5) is 0. The summed E-state index contributed by atoms with van der Waals surface area (Å²) in [6.07, 6.45) is 3.51. The molecule has 0 aromatic heterocycles. The summed E-state index contributed by atoms with van der Waals surface area (Å²) in [5, 5.41) is 3.37. The van der Waals surface area contributed by atoms with Gasteiger partial charge in [-0.05, 0) is 42.9 Å². The van der Waals surface area contributed by atoms with Crippen molar-refractivity contribution in [3.63, 3.8) is 0 Å². The predicted octanol–water partition coefficient (Wildman–Crippen LogP) is 3.52. The molecule has 1 saturated carbocycles. The Balaban J connectivity index is 1.68. The first-order valence-electron chi connectivity index (χ1n) is 7.87. The van der Waals surface area contributed by atoms with Crippen molar-refractivity contribution in [2.75, 3.05) is 19.8 Å². The zero-order valence-electron chi connectivity index (χ0n) is 13.0. The zero-order chi connectivity index (χ0) is 15.1. The molecule has 0 heterocycles. The summed E-state index contributed by atoms with van der Waals surface area (Å²) < 4.78 is 24.6. The van der Waals surface area contributed by atoms with E-state index in [4.69, 9.17) is 9.47 Å². The van der Waals surface area contributed by atoms with E-state index in [1.807, 2.05) is 6.07 Å². The quantitative estimate of drug-likeness (QED) is 0.670. The van der Waals surface area contributed by atoms with Crippen LogP contribution in [-0.4, -0.2) is 25.9 Å². The number of hydrogen-bond donors (Lipinski definition) is 1. The molecular formula is C17H26FNO2. The fraction of sp³-hybridized carbons (Fsp3) is 0.647. The second kappa shape index (κ2) is 8.35. The van der Waals surface area contributed by atoms with E-state index in [1.165, 1.54) is 18.9 Å². The Morgan fingerprint density at radius 2 is 2.00 bits per heavy atom. The van der Waals surface area contributed by atoms with Crippen molar-refractivity contribution in [2.24, 2.45) is 5.92 Å². The molecule has 3 nitrogen and oxygen atoms in total. The van der Waals surface area contributed by atoms with Crippen LogP contribution in [0, 0.1) is 11.7 Å². The number of rotatable bonds is 10. The molecule has 118 valence electrons. The number of nitrogens with one attached hydrogen (secondary N) is 1. The monoisotopic (exact) mass is 295 g/mol. The van der Waals surface area contributed by atoms with E-state index < -0.39 is 0 Å². The summed E-state index contributed by atoms with van der Waals surface area (Å²) >= 11 is 0. The van der Waals surface area contributed by atoms with Crippen molar-refractivity contribution in [3.05, 3.63) is 29.6 Å². The highest BCUT2D eigenvalue weighted by Gasteiger charge is 2.20. The van der Waals surface area contributed by atoms with Crippen LogP contribution in [0.5, 0.6) is 5.75 Å². The van der Waals surface area contributed by atoms with E-state index in [9.17, 15) is 4.39 Å². The van der Waals surface area contributed by atoms with Crippen LogP contribution >= 0.6 is 0 Å². The lowest BCUT2D eigenvalue weighted by Crippen LogP contribution is -2.15. The van der Waals surface area contributed by atoms with Gasteiger partial charge in [0.15, 0.2) is 0 Å².